The molecule has 2 aromatic carbocycles. The average molecular weight is 323 g/mol. The molecule has 5 nitrogen and oxygen atoms in total. The van der Waals surface area contributed by atoms with Crippen LogP contribution in [0.15, 0.2) is 36.4 Å². The minimum atomic E-state index is -0.0830. The number of likely N-dealkylation sites (tertiary alicyclic amines) is 1. The Morgan fingerprint density at radius 2 is 1.88 bits per heavy atom. The summed E-state index contributed by atoms with van der Waals surface area (Å²) in [5.41, 5.74) is 1.53. The number of piperidine rings is 1. The Kier molecular flexibility index (Phi) is 3.73. The number of hydrogen-bond acceptors (Lipinski definition) is 3. The van der Waals surface area contributed by atoms with Crippen LogP contribution in [-0.4, -0.2) is 49.4 Å². The highest BCUT2D eigenvalue weighted by Crippen LogP contribution is 2.36. The topological polar surface area (TPSA) is 52.7 Å². The molecule has 0 atom stereocenters. The van der Waals surface area contributed by atoms with Crippen LogP contribution in [0.1, 0.15) is 23.2 Å². The van der Waals surface area contributed by atoms with Crippen LogP contribution >= 0.6 is 0 Å². The Bertz CT molecular complexity index is 804. The normalized spacial score (nSPS) is 18.4. The molecular formula is C19H21N3O2. The van der Waals surface area contributed by atoms with Crippen molar-refractivity contribution in [3.63, 3.8) is 0 Å². The first-order chi connectivity index (χ1) is 11.6. The standard InChI is InChI=1S/C19H21N3O2/c1-21-10-8-14(9-11-21)20-17(23)12-22-16-7-3-5-13-4-2-6-15(18(13)16)19(22)24/h2-7,14H,8-12H2,1H3,(H,20,23). The molecule has 1 N–H and O–H groups in total. The van der Waals surface area contributed by atoms with E-state index in [1.165, 1.54) is 0 Å². The number of nitrogens with zero attached hydrogens (tertiary/aromatic N) is 2. The molecule has 124 valence electrons. The number of amides is 2. The van der Waals surface area contributed by atoms with E-state index in [0.717, 1.165) is 42.4 Å². The fourth-order valence-electron chi connectivity index (χ4n) is 3.71. The van der Waals surface area contributed by atoms with Gasteiger partial charge in [0.25, 0.3) is 5.91 Å². The van der Waals surface area contributed by atoms with E-state index in [2.05, 4.69) is 17.3 Å². The Labute approximate surface area is 141 Å². The molecule has 4 rings (SSSR count). The molecule has 0 unspecified atom stereocenters. The Morgan fingerprint density at radius 3 is 2.62 bits per heavy atom. The predicted molar refractivity (Wildman–Crippen MR) is 94.3 cm³/mol. The van der Waals surface area contributed by atoms with Crippen LogP contribution in [0.25, 0.3) is 10.8 Å². The van der Waals surface area contributed by atoms with Crippen LogP contribution in [0.3, 0.4) is 0 Å². The summed E-state index contributed by atoms with van der Waals surface area (Å²) in [6, 6.07) is 11.8. The van der Waals surface area contributed by atoms with Crippen LogP contribution in [0.4, 0.5) is 5.69 Å². The van der Waals surface area contributed by atoms with E-state index in [1.807, 2.05) is 36.4 Å². The smallest absolute Gasteiger partial charge is 0.259 e. The van der Waals surface area contributed by atoms with E-state index in [4.69, 9.17) is 0 Å². The maximum absolute atomic E-state index is 12.7. The maximum atomic E-state index is 12.7. The van der Waals surface area contributed by atoms with E-state index in [-0.39, 0.29) is 24.4 Å². The van der Waals surface area contributed by atoms with Gasteiger partial charge >= 0.3 is 0 Å². The van der Waals surface area contributed by atoms with Crippen LogP contribution in [-0.2, 0) is 4.79 Å². The third-order valence-corrected chi connectivity index (χ3v) is 5.03. The lowest BCUT2D eigenvalue weighted by molar-refractivity contribution is -0.120. The van der Waals surface area contributed by atoms with Crippen molar-refractivity contribution < 1.29 is 9.59 Å². The number of carbonyl (C=O) groups excluding carboxylic acids is 2. The number of carbonyl (C=O) groups is 2. The zero-order chi connectivity index (χ0) is 16.7. The fraction of sp³-hybridized carbons (Fsp3) is 0.368. The van der Waals surface area contributed by atoms with Gasteiger partial charge in [-0.3, -0.25) is 14.5 Å². The van der Waals surface area contributed by atoms with Crippen molar-refractivity contribution in [3.8, 4) is 0 Å². The molecule has 24 heavy (non-hydrogen) atoms. The lowest BCUT2D eigenvalue weighted by Gasteiger charge is -2.30. The molecule has 2 aliphatic heterocycles. The highest BCUT2D eigenvalue weighted by molar-refractivity contribution is 6.26. The summed E-state index contributed by atoms with van der Waals surface area (Å²) >= 11 is 0. The Hall–Kier alpha value is -2.40. The van der Waals surface area contributed by atoms with Gasteiger partial charge in [0.05, 0.1) is 5.69 Å². The summed E-state index contributed by atoms with van der Waals surface area (Å²) in [5, 5.41) is 5.08. The van der Waals surface area contributed by atoms with Gasteiger partial charge in [-0.25, -0.2) is 0 Å². The molecule has 2 heterocycles. The summed E-state index contributed by atoms with van der Waals surface area (Å²) < 4.78 is 0. The third kappa shape index (κ3) is 2.55. The molecule has 0 saturated carbocycles. The molecule has 0 aromatic heterocycles. The first-order valence-corrected chi connectivity index (χ1v) is 8.45. The number of benzene rings is 2. The lowest BCUT2D eigenvalue weighted by Crippen LogP contribution is -2.47. The van der Waals surface area contributed by atoms with E-state index in [9.17, 15) is 9.59 Å². The second kappa shape index (κ2) is 5.91. The van der Waals surface area contributed by atoms with Gasteiger partial charge in [0.15, 0.2) is 0 Å². The first kappa shape index (κ1) is 15.1. The number of anilines is 1. The highest BCUT2D eigenvalue weighted by Gasteiger charge is 2.31. The van der Waals surface area contributed by atoms with Crippen molar-refractivity contribution in [2.24, 2.45) is 0 Å². The SMILES string of the molecule is CN1CCC(NC(=O)CN2C(=O)c3cccc4cccc2c34)CC1. The zero-order valence-corrected chi connectivity index (χ0v) is 13.8. The van der Waals surface area contributed by atoms with Crippen LogP contribution in [0.2, 0.25) is 0 Å². The monoisotopic (exact) mass is 323 g/mol. The van der Waals surface area contributed by atoms with Crippen LogP contribution in [0.5, 0.6) is 0 Å². The number of rotatable bonds is 3. The molecule has 2 aromatic rings. The van der Waals surface area contributed by atoms with Gasteiger partial charge in [-0.05, 0) is 50.5 Å². The van der Waals surface area contributed by atoms with Crippen molar-refractivity contribution in [2.75, 3.05) is 31.6 Å². The molecule has 1 saturated heterocycles. The molecule has 0 spiro atoms. The van der Waals surface area contributed by atoms with E-state index in [1.54, 1.807) is 4.90 Å². The molecule has 0 aliphatic carbocycles. The van der Waals surface area contributed by atoms with Gasteiger partial charge in [0, 0.05) is 17.0 Å². The van der Waals surface area contributed by atoms with Crippen LogP contribution in [0, 0.1) is 0 Å². The summed E-state index contributed by atoms with van der Waals surface area (Å²) in [6.07, 6.45) is 1.93. The van der Waals surface area contributed by atoms with Crippen molar-refractivity contribution in [2.45, 2.75) is 18.9 Å². The van der Waals surface area contributed by atoms with Gasteiger partial charge in [-0.1, -0.05) is 24.3 Å². The van der Waals surface area contributed by atoms with Crippen LogP contribution < -0.4 is 10.2 Å². The van der Waals surface area contributed by atoms with Crippen molar-refractivity contribution in [3.05, 3.63) is 42.0 Å². The van der Waals surface area contributed by atoms with E-state index in [0.29, 0.717) is 5.56 Å². The summed E-state index contributed by atoms with van der Waals surface area (Å²) in [7, 11) is 2.10. The molecule has 2 aliphatic rings. The fourth-order valence-corrected chi connectivity index (χ4v) is 3.71. The third-order valence-electron chi connectivity index (χ3n) is 5.03. The Balaban J connectivity index is 1.51. The van der Waals surface area contributed by atoms with E-state index >= 15 is 0 Å². The molecular weight excluding hydrogens is 302 g/mol. The predicted octanol–water partition coefficient (Wildman–Crippen LogP) is 2.01. The Morgan fingerprint density at radius 1 is 1.17 bits per heavy atom. The second-order valence-electron chi connectivity index (χ2n) is 6.72. The van der Waals surface area contributed by atoms with Crippen molar-refractivity contribution in [1.29, 1.82) is 0 Å². The van der Waals surface area contributed by atoms with E-state index < -0.39 is 0 Å². The number of hydrogen-bond donors (Lipinski definition) is 1. The molecule has 0 radical (unpaired) electrons. The summed E-state index contributed by atoms with van der Waals surface area (Å²) in [4.78, 5) is 29.0. The minimum absolute atomic E-state index is 0.0808. The van der Waals surface area contributed by atoms with Gasteiger partial charge in [0.2, 0.25) is 5.91 Å². The number of nitrogens with one attached hydrogen (secondary N) is 1. The minimum Gasteiger partial charge on any atom is -0.352 e. The zero-order valence-electron chi connectivity index (χ0n) is 13.8. The largest absolute Gasteiger partial charge is 0.352 e. The molecule has 5 heteroatoms. The molecule has 0 bridgehead atoms. The lowest BCUT2D eigenvalue weighted by atomic mass is 10.1. The highest BCUT2D eigenvalue weighted by atomic mass is 16.2. The van der Waals surface area contributed by atoms with Crippen molar-refractivity contribution >= 4 is 28.3 Å². The van der Waals surface area contributed by atoms with Crippen molar-refractivity contribution in [1.82, 2.24) is 10.2 Å². The first-order valence-electron chi connectivity index (χ1n) is 8.45. The van der Waals surface area contributed by atoms with Gasteiger partial charge in [-0.15, -0.1) is 0 Å². The molecule has 1 fully saturated rings. The average Bonchev–Trinajstić information content (AvgIpc) is 2.85. The van der Waals surface area contributed by atoms with Gasteiger partial charge < -0.3 is 10.2 Å². The summed E-state index contributed by atoms with van der Waals surface area (Å²) in [6.45, 7) is 2.08. The molecule has 2 amide bonds. The summed E-state index contributed by atoms with van der Waals surface area (Å²) in [5.74, 6) is -0.164. The second-order valence-corrected chi connectivity index (χ2v) is 6.72. The quantitative estimate of drug-likeness (QED) is 0.940. The maximum Gasteiger partial charge on any atom is 0.259 e. The van der Waals surface area contributed by atoms with Gasteiger partial charge in [0.1, 0.15) is 6.54 Å². The van der Waals surface area contributed by atoms with Gasteiger partial charge in [-0.2, -0.15) is 0 Å².